The smallest absolute Gasteiger partial charge is 0.234 e. The van der Waals surface area contributed by atoms with E-state index in [-0.39, 0.29) is 11.7 Å². The molecular weight excluding hydrogens is 443 g/mol. The van der Waals surface area contributed by atoms with Crippen molar-refractivity contribution in [2.24, 2.45) is 0 Å². The van der Waals surface area contributed by atoms with Gasteiger partial charge in [-0.3, -0.25) is 9.36 Å². The highest BCUT2D eigenvalue weighted by Crippen LogP contribution is 2.27. The SMILES string of the molecule is O=C(CSc1nnc(-c2cccc(Cl)c2)n1Cc1ccco1)Nc1cccc(Cl)c1. The van der Waals surface area contributed by atoms with Gasteiger partial charge in [0, 0.05) is 21.3 Å². The number of thioether (sulfide) groups is 1. The summed E-state index contributed by atoms with van der Waals surface area (Å²) in [6.45, 7) is 0.431. The van der Waals surface area contributed by atoms with Crippen LogP contribution < -0.4 is 5.32 Å². The highest BCUT2D eigenvalue weighted by molar-refractivity contribution is 7.99. The van der Waals surface area contributed by atoms with E-state index in [4.69, 9.17) is 27.6 Å². The summed E-state index contributed by atoms with van der Waals surface area (Å²) < 4.78 is 7.39. The molecule has 6 nitrogen and oxygen atoms in total. The molecule has 0 aliphatic heterocycles. The molecule has 0 aliphatic rings. The van der Waals surface area contributed by atoms with Gasteiger partial charge in [0.1, 0.15) is 5.76 Å². The maximum atomic E-state index is 12.4. The molecular formula is C21H16Cl2N4O2S. The standard InChI is InChI=1S/C21H16Cl2N4O2S/c22-15-5-1-4-14(10-15)20-25-26-21(27(20)12-18-8-3-9-29-18)30-13-19(28)24-17-7-2-6-16(23)11-17/h1-11H,12-13H2,(H,24,28). The number of nitrogens with one attached hydrogen (secondary N) is 1. The zero-order chi connectivity index (χ0) is 20.9. The summed E-state index contributed by atoms with van der Waals surface area (Å²) in [5.74, 6) is 1.40. The van der Waals surface area contributed by atoms with E-state index in [0.717, 1.165) is 11.3 Å². The fourth-order valence-electron chi connectivity index (χ4n) is 2.83. The van der Waals surface area contributed by atoms with Crippen molar-refractivity contribution in [3.63, 3.8) is 0 Å². The van der Waals surface area contributed by atoms with Crippen molar-refractivity contribution in [1.29, 1.82) is 0 Å². The molecule has 2 heterocycles. The minimum absolute atomic E-state index is 0.165. The maximum Gasteiger partial charge on any atom is 0.234 e. The van der Waals surface area contributed by atoms with Gasteiger partial charge >= 0.3 is 0 Å². The molecule has 0 saturated heterocycles. The number of carbonyl (C=O) groups excluding carboxylic acids is 1. The fraction of sp³-hybridized carbons (Fsp3) is 0.0952. The van der Waals surface area contributed by atoms with Gasteiger partial charge in [0.15, 0.2) is 11.0 Å². The van der Waals surface area contributed by atoms with Crippen LogP contribution in [-0.4, -0.2) is 26.4 Å². The monoisotopic (exact) mass is 458 g/mol. The molecule has 30 heavy (non-hydrogen) atoms. The lowest BCUT2D eigenvalue weighted by Gasteiger charge is -2.09. The third-order valence-electron chi connectivity index (χ3n) is 4.13. The molecule has 0 unspecified atom stereocenters. The summed E-state index contributed by atoms with van der Waals surface area (Å²) in [6.07, 6.45) is 1.62. The van der Waals surface area contributed by atoms with Crippen molar-refractivity contribution in [3.8, 4) is 11.4 Å². The molecule has 0 bridgehead atoms. The molecule has 1 amide bonds. The molecule has 0 radical (unpaired) electrons. The highest BCUT2D eigenvalue weighted by Gasteiger charge is 2.17. The molecule has 4 rings (SSSR count). The van der Waals surface area contributed by atoms with E-state index < -0.39 is 0 Å². The minimum Gasteiger partial charge on any atom is -0.467 e. The van der Waals surface area contributed by atoms with Gasteiger partial charge < -0.3 is 9.73 Å². The summed E-state index contributed by atoms with van der Waals surface area (Å²) in [5.41, 5.74) is 1.47. The number of halogens is 2. The molecule has 0 atom stereocenters. The number of benzene rings is 2. The number of rotatable bonds is 7. The molecule has 0 fully saturated rings. The van der Waals surface area contributed by atoms with Gasteiger partial charge in [-0.25, -0.2) is 0 Å². The van der Waals surface area contributed by atoms with Crippen molar-refractivity contribution >= 4 is 46.6 Å². The van der Waals surface area contributed by atoms with Crippen LogP contribution in [0.1, 0.15) is 5.76 Å². The summed E-state index contributed by atoms with van der Waals surface area (Å²) in [6, 6.07) is 18.1. The van der Waals surface area contributed by atoms with Gasteiger partial charge in [-0.05, 0) is 42.5 Å². The van der Waals surface area contributed by atoms with Crippen LogP contribution in [0.2, 0.25) is 10.0 Å². The predicted molar refractivity (Wildman–Crippen MR) is 119 cm³/mol. The summed E-state index contributed by atoms with van der Waals surface area (Å²) in [5, 5.41) is 13.2. The van der Waals surface area contributed by atoms with Gasteiger partial charge in [-0.15, -0.1) is 10.2 Å². The maximum absolute atomic E-state index is 12.4. The number of hydrogen-bond acceptors (Lipinski definition) is 5. The van der Waals surface area contributed by atoms with Crippen molar-refractivity contribution in [1.82, 2.24) is 14.8 Å². The van der Waals surface area contributed by atoms with Crippen LogP contribution >= 0.6 is 35.0 Å². The second-order valence-corrected chi connectivity index (χ2v) is 8.14. The van der Waals surface area contributed by atoms with Gasteiger partial charge in [0.25, 0.3) is 0 Å². The number of anilines is 1. The Labute approximate surface area is 187 Å². The molecule has 0 aliphatic carbocycles. The van der Waals surface area contributed by atoms with Crippen LogP contribution in [-0.2, 0) is 11.3 Å². The predicted octanol–water partition coefficient (Wildman–Crippen LogP) is 5.62. The molecule has 1 N–H and O–H groups in total. The molecule has 0 saturated carbocycles. The Kier molecular flexibility index (Phi) is 6.42. The molecule has 2 aromatic heterocycles. The highest BCUT2D eigenvalue weighted by atomic mass is 35.5. The average molecular weight is 459 g/mol. The molecule has 0 spiro atoms. The third kappa shape index (κ3) is 5.05. The van der Waals surface area contributed by atoms with Gasteiger partial charge in [-0.2, -0.15) is 0 Å². The van der Waals surface area contributed by atoms with E-state index in [1.165, 1.54) is 11.8 Å². The normalized spacial score (nSPS) is 10.9. The Morgan fingerprint density at radius 3 is 2.57 bits per heavy atom. The minimum atomic E-state index is -0.167. The van der Waals surface area contributed by atoms with Gasteiger partial charge in [0.2, 0.25) is 5.91 Å². The van der Waals surface area contributed by atoms with Crippen LogP contribution in [0.4, 0.5) is 5.69 Å². The number of hydrogen-bond donors (Lipinski definition) is 1. The Morgan fingerprint density at radius 1 is 1.03 bits per heavy atom. The number of furan rings is 1. The average Bonchev–Trinajstić information content (AvgIpc) is 3.37. The summed E-state index contributed by atoms with van der Waals surface area (Å²) >= 11 is 13.4. The second kappa shape index (κ2) is 9.38. The molecule has 2 aromatic carbocycles. The van der Waals surface area contributed by atoms with Crippen LogP contribution in [0, 0.1) is 0 Å². The van der Waals surface area contributed by atoms with Crippen molar-refractivity contribution in [3.05, 3.63) is 82.7 Å². The van der Waals surface area contributed by atoms with E-state index in [9.17, 15) is 4.79 Å². The Morgan fingerprint density at radius 2 is 1.83 bits per heavy atom. The van der Waals surface area contributed by atoms with Crippen molar-refractivity contribution in [2.75, 3.05) is 11.1 Å². The second-order valence-electron chi connectivity index (χ2n) is 6.33. The van der Waals surface area contributed by atoms with E-state index in [2.05, 4.69) is 15.5 Å². The van der Waals surface area contributed by atoms with Crippen LogP contribution in [0.25, 0.3) is 11.4 Å². The van der Waals surface area contributed by atoms with E-state index >= 15 is 0 Å². The third-order valence-corrected chi connectivity index (χ3v) is 5.57. The van der Waals surface area contributed by atoms with Crippen LogP contribution in [0.5, 0.6) is 0 Å². The van der Waals surface area contributed by atoms with E-state index in [1.54, 1.807) is 36.6 Å². The molecule has 152 valence electrons. The summed E-state index contributed by atoms with van der Waals surface area (Å²) in [4.78, 5) is 12.4. The first-order valence-electron chi connectivity index (χ1n) is 8.98. The van der Waals surface area contributed by atoms with Gasteiger partial charge in [0.05, 0.1) is 18.6 Å². The number of nitrogens with zero attached hydrogens (tertiary/aromatic N) is 3. The lowest BCUT2D eigenvalue weighted by molar-refractivity contribution is -0.113. The number of amides is 1. The Balaban J connectivity index is 1.54. The topological polar surface area (TPSA) is 73.0 Å². The van der Waals surface area contributed by atoms with Gasteiger partial charge in [-0.1, -0.05) is 53.2 Å². The first-order chi connectivity index (χ1) is 14.6. The first kappa shape index (κ1) is 20.5. The fourth-order valence-corrected chi connectivity index (χ4v) is 3.95. The lowest BCUT2D eigenvalue weighted by atomic mass is 10.2. The largest absolute Gasteiger partial charge is 0.467 e. The zero-order valence-electron chi connectivity index (χ0n) is 15.6. The van der Waals surface area contributed by atoms with Crippen molar-refractivity contribution < 1.29 is 9.21 Å². The Hall–Kier alpha value is -2.74. The summed E-state index contributed by atoms with van der Waals surface area (Å²) in [7, 11) is 0. The Bertz CT molecular complexity index is 1160. The van der Waals surface area contributed by atoms with Crippen molar-refractivity contribution in [2.45, 2.75) is 11.7 Å². The molecule has 9 heteroatoms. The quantitative estimate of drug-likeness (QED) is 0.363. The number of carbonyl (C=O) groups is 1. The lowest BCUT2D eigenvalue weighted by Crippen LogP contribution is -2.14. The van der Waals surface area contributed by atoms with Crippen LogP contribution in [0.3, 0.4) is 0 Å². The first-order valence-corrected chi connectivity index (χ1v) is 10.7. The zero-order valence-corrected chi connectivity index (χ0v) is 17.9. The number of aromatic nitrogens is 3. The molecule has 4 aromatic rings. The van der Waals surface area contributed by atoms with E-state index in [0.29, 0.717) is 33.3 Å². The van der Waals surface area contributed by atoms with Crippen LogP contribution in [0.15, 0.2) is 76.5 Å². The van der Waals surface area contributed by atoms with E-state index in [1.807, 2.05) is 34.9 Å².